The molecule has 1 saturated carbocycles. The van der Waals surface area contributed by atoms with E-state index in [2.05, 4.69) is 4.90 Å². The van der Waals surface area contributed by atoms with Crippen LogP contribution in [0.1, 0.15) is 78.6 Å². The van der Waals surface area contributed by atoms with Crippen LogP contribution in [-0.4, -0.2) is 35.1 Å². The molecule has 1 amide bonds. The average molecular weight is 283 g/mol. The SMILES string of the molecule is CC(C)(C)C(=O)N(CCCCCCO)C1CCCCC1. The lowest BCUT2D eigenvalue weighted by Crippen LogP contribution is -2.47. The summed E-state index contributed by atoms with van der Waals surface area (Å²) in [7, 11) is 0. The van der Waals surface area contributed by atoms with Crippen LogP contribution in [-0.2, 0) is 4.79 Å². The molecule has 0 bridgehead atoms. The van der Waals surface area contributed by atoms with Crippen molar-refractivity contribution in [3.8, 4) is 0 Å². The van der Waals surface area contributed by atoms with Gasteiger partial charge in [-0.25, -0.2) is 0 Å². The van der Waals surface area contributed by atoms with Gasteiger partial charge in [-0.15, -0.1) is 0 Å². The zero-order chi connectivity index (χ0) is 15.0. The molecule has 0 heterocycles. The number of amides is 1. The summed E-state index contributed by atoms with van der Waals surface area (Å²) in [5.41, 5.74) is -0.275. The van der Waals surface area contributed by atoms with Gasteiger partial charge in [0.05, 0.1) is 0 Å². The van der Waals surface area contributed by atoms with E-state index in [1.807, 2.05) is 20.8 Å². The molecule has 0 saturated heterocycles. The number of carbonyl (C=O) groups excluding carboxylic acids is 1. The predicted octanol–water partition coefficient (Wildman–Crippen LogP) is 3.75. The molecule has 3 heteroatoms. The maximum absolute atomic E-state index is 12.7. The van der Waals surface area contributed by atoms with Crippen molar-refractivity contribution in [3.63, 3.8) is 0 Å². The van der Waals surface area contributed by atoms with E-state index in [1.54, 1.807) is 0 Å². The smallest absolute Gasteiger partial charge is 0.228 e. The Hall–Kier alpha value is -0.570. The van der Waals surface area contributed by atoms with Crippen molar-refractivity contribution in [3.05, 3.63) is 0 Å². The van der Waals surface area contributed by atoms with Crippen LogP contribution < -0.4 is 0 Å². The first-order valence-corrected chi connectivity index (χ1v) is 8.38. The average Bonchev–Trinajstić information content (AvgIpc) is 2.42. The van der Waals surface area contributed by atoms with Gasteiger partial charge in [0.25, 0.3) is 0 Å². The highest BCUT2D eigenvalue weighted by atomic mass is 16.2. The molecule has 1 aliphatic rings. The summed E-state index contributed by atoms with van der Waals surface area (Å²) in [5, 5.41) is 8.81. The van der Waals surface area contributed by atoms with Gasteiger partial charge in [-0.2, -0.15) is 0 Å². The summed E-state index contributed by atoms with van der Waals surface area (Å²) in [4.78, 5) is 14.8. The van der Waals surface area contributed by atoms with Crippen LogP contribution in [0, 0.1) is 5.41 Å². The van der Waals surface area contributed by atoms with Gasteiger partial charge in [-0.1, -0.05) is 52.9 Å². The summed E-state index contributed by atoms with van der Waals surface area (Å²) in [6.45, 7) is 7.25. The molecule has 1 rings (SSSR count). The van der Waals surface area contributed by atoms with E-state index >= 15 is 0 Å². The summed E-state index contributed by atoms with van der Waals surface area (Å²) in [6, 6.07) is 0.466. The van der Waals surface area contributed by atoms with E-state index in [0.717, 1.165) is 32.2 Å². The first kappa shape index (κ1) is 17.5. The molecular formula is C17H33NO2. The molecule has 3 nitrogen and oxygen atoms in total. The third-order valence-corrected chi connectivity index (χ3v) is 4.23. The lowest BCUT2D eigenvalue weighted by atomic mass is 9.89. The van der Waals surface area contributed by atoms with Crippen LogP contribution in [0.3, 0.4) is 0 Å². The Morgan fingerprint density at radius 3 is 2.20 bits per heavy atom. The van der Waals surface area contributed by atoms with Gasteiger partial charge < -0.3 is 10.0 Å². The highest BCUT2D eigenvalue weighted by molar-refractivity contribution is 5.81. The fourth-order valence-electron chi connectivity index (χ4n) is 3.02. The number of unbranched alkanes of at least 4 members (excludes halogenated alkanes) is 3. The van der Waals surface area contributed by atoms with Gasteiger partial charge in [-0.05, 0) is 25.7 Å². The molecule has 1 N–H and O–H groups in total. The second-order valence-corrected chi connectivity index (χ2v) is 7.18. The van der Waals surface area contributed by atoms with Gasteiger partial charge in [-0.3, -0.25) is 4.79 Å². The topological polar surface area (TPSA) is 40.5 Å². The second-order valence-electron chi connectivity index (χ2n) is 7.18. The van der Waals surface area contributed by atoms with Crippen molar-refractivity contribution in [1.82, 2.24) is 4.90 Å². The number of hydrogen-bond donors (Lipinski definition) is 1. The maximum atomic E-state index is 12.7. The molecule has 0 unspecified atom stereocenters. The van der Waals surface area contributed by atoms with Crippen LogP contribution in [0.15, 0.2) is 0 Å². The quantitative estimate of drug-likeness (QED) is 0.723. The first-order valence-electron chi connectivity index (χ1n) is 8.38. The number of hydrogen-bond acceptors (Lipinski definition) is 2. The van der Waals surface area contributed by atoms with Crippen LogP contribution in [0.4, 0.5) is 0 Å². The minimum Gasteiger partial charge on any atom is -0.396 e. The highest BCUT2D eigenvalue weighted by Crippen LogP contribution is 2.27. The third-order valence-electron chi connectivity index (χ3n) is 4.23. The zero-order valence-corrected chi connectivity index (χ0v) is 13.7. The molecule has 1 fully saturated rings. The number of rotatable bonds is 7. The van der Waals surface area contributed by atoms with Crippen molar-refractivity contribution in [2.45, 2.75) is 84.6 Å². The Bertz CT molecular complexity index is 277. The van der Waals surface area contributed by atoms with Crippen molar-refractivity contribution in [2.24, 2.45) is 5.41 Å². The normalized spacial score (nSPS) is 17.2. The Morgan fingerprint density at radius 1 is 1.05 bits per heavy atom. The lowest BCUT2D eigenvalue weighted by Gasteiger charge is -2.38. The predicted molar refractivity (Wildman–Crippen MR) is 83.6 cm³/mol. The molecule has 118 valence electrons. The molecule has 0 aromatic rings. The van der Waals surface area contributed by atoms with E-state index < -0.39 is 0 Å². The van der Waals surface area contributed by atoms with Crippen molar-refractivity contribution >= 4 is 5.91 Å². The van der Waals surface area contributed by atoms with E-state index in [9.17, 15) is 4.79 Å². The summed E-state index contributed by atoms with van der Waals surface area (Å²) < 4.78 is 0. The van der Waals surface area contributed by atoms with Crippen LogP contribution in [0.5, 0.6) is 0 Å². The minimum absolute atomic E-state index is 0.275. The second kappa shape index (κ2) is 8.66. The van der Waals surface area contributed by atoms with Gasteiger partial charge in [0, 0.05) is 24.6 Å². The molecule has 20 heavy (non-hydrogen) atoms. The van der Waals surface area contributed by atoms with Gasteiger partial charge in [0.1, 0.15) is 0 Å². The number of aliphatic hydroxyl groups is 1. The summed E-state index contributed by atoms with van der Waals surface area (Å²) >= 11 is 0. The first-order chi connectivity index (χ1) is 9.46. The van der Waals surface area contributed by atoms with E-state index in [0.29, 0.717) is 11.9 Å². The Kier molecular flexibility index (Phi) is 7.57. The Morgan fingerprint density at radius 2 is 1.65 bits per heavy atom. The van der Waals surface area contributed by atoms with E-state index in [1.165, 1.54) is 32.1 Å². The van der Waals surface area contributed by atoms with E-state index in [-0.39, 0.29) is 12.0 Å². The molecule has 1 aliphatic carbocycles. The summed E-state index contributed by atoms with van der Waals surface area (Å²) in [5.74, 6) is 0.312. The highest BCUT2D eigenvalue weighted by Gasteiger charge is 2.32. The van der Waals surface area contributed by atoms with Gasteiger partial charge in [0.2, 0.25) is 5.91 Å². The van der Waals surface area contributed by atoms with Crippen LogP contribution in [0.25, 0.3) is 0 Å². The monoisotopic (exact) mass is 283 g/mol. The third kappa shape index (κ3) is 5.82. The molecular weight excluding hydrogens is 250 g/mol. The van der Waals surface area contributed by atoms with Gasteiger partial charge in [0.15, 0.2) is 0 Å². The molecule has 0 atom stereocenters. The number of nitrogens with zero attached hydrogens (tertiary/aromatic N) is 1. The number of aliphatic hydroxyl groups excluding tert-OH is 1. The maximum Gasteiger partial charge on any atom is 0.228 e. The molecule has 0 aromatic heterocycles. The standard InChI is InChI=1S/C17H33NO2/c1-17(2,3)16(20)18(13-9-4-5-10-14-19)15-11-7-6-8-12-15/h15,19H,4-14H2,1-3H3. The Balaban J connectivity index is 2.52. The van der Waals surface area contributed by atoms with E-state index in [4.69, 9.17) is 5.11 Å². The fraction of sp³-hybridized carbons (Fsp3) is 0.941. The van der Waals surface area contributed by atoms with Crippen molar-refractivity contribution in [1.29, 1.82) is 0 Å². The van der Waals surface area contributed by atoms with Gasteiger partial charge >= 0.3 is 0 Å². The lowest BCUT2D eigenvalue weighted by molar-refractivity contribution is -0.142. The van der Waals surface area contributed by atoms with Crippen LogP contribution in [0.2, 0.25) is 0 Å². The number of carbonyl (C=O) groups is 1. The molecule has 0 radical (unpaired) electrons. The van der Waals surface area contributed by atoms with Crippen molar-refractivity contribution < 1.29 is 9.90 Å². The fourth-order valence-corrected chi connectivity index (χ4v) is 3.02. The minimum atomic E-state index is -0.275. The summed E-state index contributed by atoms with van der Waals surface area (Å²) in [6.07, 6.45) is 10.3. The zero-order valence-electron chi connectivity index (χ0n) is 13.7. The van der Waals surface area contributed by atoms with Crippen molar-refractivity contribution in [2.75, 3.05) is 13.2 Å². The Labute approximate surface area is 124 Å². The van der Waals surface area contributed by atoms with Crippen LogP contribution >= 0.6 is 0 Å². The molecule has 0 aromatic carbocycles. The largest absolute Gasteiger partial charge is 0.396 e. The molecule has 0 spiro atoms. The molecule has 0 aliphatic heterocycles.